The summed E-state index contributed by atoms with van der Waals surface area (Å²) >= 11 is 0. The first-order valence-corrected chi connectivity index (χ1v) is 9.79. The lowest BCUT2D eigenvalue weighted by Gasteiger charge is -2.15. The predicted octanol–water partition coefficient (Wildman–Crippen LogP) is 4.24. The van der Waals surface area contributed by atoms with Crippen molar-refractivity contribution < 1.29 is 19.7 Å². The average molecular weight is 345 g/mol. The minimum absolute atomic E-state index is 0.00950. The number of ether oxygens (including phenoxy) is 2. The molecular formula is C20H40O4. The van der Waals surface area contributed by atoms with E-state index in [0.717, 1.165) is 12.8 Å². The Morgan fingerprint density at radius 3 is 2.08 bits per heavy atom. The molecule has 0 spiro atoms. The standard InChI is InChI=1S/C20H40O4/c1-3-4-5-6-7-8-9-10-11-12-13-14-15-20(23-2)18-24-17-19(22)16-21/h13-14,19-22H,3-12,15-18H2,1-2H3/b14-13-/t19-,20-/m1/s1. The third-order valence-corrected chi connectivity index (χ3v) is 4.20. The van der Waals surface area contributed by atoms with E-state index in [1.807, 2.05) is 0 Å². The monoisotopic (exact) mass is 344 g/mol. The number of hydrogen-bond acceptors (Lipinski definition) is 4. The Bertz CT molecular complexity index is 268. The molecule has 0 saturated carbocycles. The molecule has 0 aliphatic carbocycles. The molecule has 0 fully saturated rings. The first kappa shape index (κ1) is 23.6. The molecule has 2 atom stereocenters. The minimum Gasteiger partial charge on any atom is -0.394 e. The first-order chi connectivity index (χ1) is 11.7. The Morgan fingerprint density at radius 1 is 0.875 bits per heavy atom. The molecular weight excluding hydrogens is 304 g/mol. The van der Waals surface area contributed by atoms with Crippen LogP contribution in [0.4, 0.5) is 0 Å². The normalized spacial score (nSPS) is 14.3. The highest BCUT2D eigenvalue weighted by molar-refractivity contribution is 4.84. The van der Waals surface area contributed by atoms with E-state index in [1.165, 1.54) is 57.8 Å². The molecule has 0 aliphatic heterocycles. The molecule has 4 heteroatoms. The van der Waals surface area contributed by atoms with Gasteiger partial charge < -0.3 is 19.7 Å². The molecule has 24 heavy (non-hydrogen) atoms. The van der Waals surface area contributed by atoms with Gasteiger partial charge in [0.05, 0.1) is 25.9 Å². The second-order valence-electron chi connectivity index (χ2n) is 6.56. The summed E-state index contributed by atoms with van der Waals surface area (Å²) in [6.07, 6.45) is 17.8. The summed E-state index contributed by atoms with van der Waals surface area (Å²) in [5, 5.41) is 17.9. The quantitative estimate of drug-likeness (QED) is 0.288. The van der Waals surface area contributed by atoms with Crippen molar-refractivity contribution in [1.82, 2.24) is 0 Å². The molecule has 0 amide bonds. The van der Waals surface area contributed by atoms with Gasteiger partial charge in [-0.25, -0.2) is 0 Å². The number of hydrogen-bond donors (Lipinski definition) is 2. The van der Waals surface area contributed by atoms with Crippen molar-refractivity contribution in [1.29, 1.82) is 0 Å². The summed E-state index contributed by atoms with van der Waals surface area (Å²) in [6, 6.07) is 0. The molecule has 0 aromatic carbocycles. The fraction of sp³-hybridized carbons (Fsp3) is 0.900. The second kappa shape index (κ2) is 18.9. The zero-order valence-electron chi connectivity index (χ0n) is 15.9. The maximum atomic E-state index is 9.20. The third kappa shape index (κ3) is 16.4. The van der Waals surface area contributed by atoms with Gasteiger partial charge in [-0.05, 0) is 19.3 Å². The van der Waals surface area contributed by atoms with Gasteiger partial charge in [0.1, 0.15) is 6.10 Å². The minimum atomic E-state index is -0.801. The van der Waals surface area contributed by atoms with E-state index in [2.05, 4.69) is 19.1 Å². The molecule has 4 nitrogen and oxygen atoms in total. The van der Waals surface area contributed by atoms with Gasteiger partial charge in [-0.2, -0.15) is 0 Å². The van der Waals surface area contributed by atoms with E-state index in [9.17, 15) is 5.11 Å². The number of rotatable bonds is 18. The Hall–Kier alpha value is -0.420. The molecule has 0 heterocycles. The predicted molar refractivity (Wildman–Crippen MR) is 100 cm³/mol. The molecule has 0 rings (SSSR count). The second-order valence-corrected chi connectivity index (χ2v) is 6.56. The highest BCUT2D eigenvalue weighted by atomic mass is 16.5. The molecule has 0 aliphatic rings. The number of methoxy groups -OCH3 is 1. The van der Waals surface area contributed by atoms with Crippen molar-refractivity contribution >= 4 is 0 Å². The zero-order chi connectivity index (χ0) is 17.9. The average Bonchev–Trinajstić information content (AvgIpc) is 2.60. The molecule has 2 N–H and O–H groups in total. The Labute approximate surface area is 149 Å². The van der Waals surface area contributed by atoms with Crippen LogP contribution < -0.4 is 0 Å². The Kier molecular flexibility index (Phi) is 18.6. The molecule has 0 unspecified atom stereocenters. The largest absolute Gasteiger partial charge is 0.394 e. The highest BCUT2D eigenvalue weighted by Gasteiger charge is 2.07. The number of aliphatic hydroxyl groups excluding tert-OH is 2. The van der Waals surface area contributed by atoms with Crippen molar-refractivity contribution in [2.75, 3.05) is 26.9 Å². The van der Waals surface area contributed by atoms with Gasteiger partial charge in [0.15, 0.2) is 0 Å². The van der Waals surface area contributed by atoms with Crippen LogP contribution in [-0.4, -0.2) is 49.4 Å². The van der Waals surface area contributed by atoms with Crippen LogP contribution in [0.5, 0.6) is 0 Å². The van der Waals surface area contributed by atoms with Crippen molar-refractivity contribution in [3.8, 4) is 0 Å². The van der Waals surface area contributed by atoms with E-state index in [-0.39, 0.29) is 19.3 Å². The van der Waals surface area contributed by atoms with Crippen molar-refractivity contribution in [2.45, 2.75) is 89.8 Å². The number of allylic oxidation sites excluding steroid dienone is 1. The maximum absolute atomic E-state index is 9.20. The first-order valence-electron chi connectivity index (χ1n) is 9.79. The van der Waals surface area contributed by atoms with Crippen LogP contribution >= 0.6 is 0 Å². The number of unbranched alkanes of at least 4 members (excludes halogenated alkanes) is 9. The summed E-state index contributed by atoms with van der Waals surface area (Å²) in [6.45, 7) is 2.59. The van der Waals surface area contributed by atoms with Crippen LogP contribution in [0.2, 0.25) is 0 Å². The summed E-state index contributed by atoms with van der Waals surface area (Å²) in [5.74, 6) is 0. The van der Waals surface area contributed by atoms with Gasteiger partial charge in [-0.15, -0.1) is 0 Å². The van der Waals surface area contributed by atoms with Crippen LogP contribution in [-0.2, 0) is 9.47 Å². The maximum Gasteiger partial charge on any atom is 0.100 e. The highest BCUT2D eigenvalue weighted by Crippen LogP contribution is 2.11. The fourth-order valence-corrected chi connectivity index (χ4v) is 2.56. The molecule has 144 valence electrons. The summed E-state index contributed by atoms with van der Waals surface area (Å²) in [5.41, 5.74) is 0. The lowest BCUT2D eigenvalue weighted by Crippen LogP contribution is -2.24. The van der Waals surface area contributed by atoms with Crippen LogP contribution in [0.3, 0.4) is 0 Å². The lowest BCUT2D eigenvalue weighted by atomic mass is 10.1. The van der Waals surface area contributed by atoms with Crippen LogP contribution in [0.1, 0.15) is 77.6 Å². The molecule has 0 aromatic heterocycles. The van der Waals surface area contributed by atoms with E-state index in [0.29, 0.717) is 6.61 Å². The van der Waals surface area contributed by atoms with Gasteiger partial charge in [0.2, 0.25) is 0 Å². The van der Waals surface area contributed by atoms with Gasteiger partial charge >= 0.3 is 0 Å². The van der Waals surface area contributed by atoms with E-state index in [1.54, 1.807) is 7.11 Å². The SMILES string of the molecule is CCCCCCCCCCC/C=C\C[C@H](COC[C@H](O)CO)OC. The van der Waals surface area contributed by atoms with Crippen LogP contribution in [0, 0.1) is 0 Å². The van der Waals surface area contributed by atoms with Crippen LogP contribution in [0.25, 0.3) is 0 Å². The topological polar surface area (TPSA) is 58.9 Å². The van der Waals surface area contributed by atoms with Crippen molar-refractivity contribution in [3.05, 3.63) is 12.2 Å². The van der Waals surface area contributed by atoms with E-state index < -0.39 is 6.10 Å². The van der Waals surface area contributed by atoms with Gasteiger partial charge in [0.25, 0.3) is 0 Å². The fourth-order valence-electron chi connectivity index (χ4n) is 2.56. The van der Waals surface area contributed by atoms with Gasteiger partial charge in [-0.3, -0.25) is 0 Å². The van der Waals surface area contributed by atoms with E-state index >= 15 is 0 Å². The summed E-state index contributed by atoms with van der Waals surface area (Å²) in [4.78, 5) is 0. The molecule has 0 radical (unpaired) electrons. The smallest absolute Gasteiger partial charge is 0.100 e. The molecule has 0 aromatic rings. The van der Waals surface area contributed by atoms with E-state index in [4.69, 9.17) is 14.6 Å². The van der Waals surface area contributed by atoms with Crippen LogP contribution in [0.15, 0.2) is 12.2 Å². The van der Waals surface area contributed by atoms with Gasteiger partial charge in [0, 0.05) is 7.11 Å². The van der Waals surface area contributed by atoms with Crippen molar-refractivity contribution in [3.63, 3.8) is 0 Å². The summed E-state index contributed by atoms with van der Waals surface area (Å²) in [7, 11) is 1.67. The number of aliphatic hydroxyl groups is 2. The lowest BCUT2D eigenvalue weighted by molar-refractivity contribution is -0.0345. The molecule has 0 bridgehead atoms. The zero-order valence-corrected chi connectivity index (χ0v) is 15.9. The molecule has 0 saturated heterocycles. The Morgan fingerprint density at radius 2 is 1.50 bits per heavy atom. The van der Waals surface area contributed by atoms with Crippen molar-refractivity contribution in [2.24, 2.45) is 0 Å². The summed E-state index contributed by atoms with van der Waals surface area (Å²) < 4.78 is 10.7. The third-order valence-electron chi connectivity index (χ3n) is 4.20. The Balaban J connectivity index is 3.42. The van der Waals surface area contributed by atoms with Gasteiger partial charge in [-0.1, -0.05) is 70.4 Å².